The molecule has 9 nitrogen and oxygen atoms in total. The van der Waals surface area contributed by atoms with E-state index in [2.05, 4.69) is 20.5 Å². The maximum Gasteiger partial charge on any atom is 0.176 e. The predicted molar refractivity (Wildman–Crippen MR) is 123 cm³/mol. The van der Waals surface area contributed by atoms with Gasteiger partial charge in [-0.2, -0.15) is 5.10 Å². The Hall–Kier alpha value is -3.15. The molecule has 0 atom stereocenters. The number of aliphatic hydroxyl groups excluding tert-OH is 1. The van der Waals surface area contributed by atoms with Crippen LogP contribution in [0.15, 0.2) is 28.7 Å². The van der Waals surface area contributed by atoms with Crippen LogP contribution in [0.3, 0.4) is 0 Å². The van der Waals surface area contributed by atoms with E-state index in [0.717, 1.165) is 32.3 Å². The summed E-state index contributed by atoms with van der Waals surface area (Å²) in [5, 5.41) is 17.0. The number of nitrogens with one attached hydrogen (secondary N) is 1. The molecular formula is C20H21N7O2S2. The monoisotopic (exact) mass is 455 g/mol. The standard InChI is InChI=1S/C20H21N7O2S2/c1-11(29)18-14(8-23-22-7-12-4-3-5-15(21)24-12)19-20(27(18)2)26-16(31-19)6-13-10-30-17(9-28)25-13/h3-5,8,10,22,28H,6-7,9H2,1-2H3,(H2,21,24)/b23-8-. The average molecular weight is 456 g/mol. The molecule has 0 bridgehead atoms. The molecule has 4 aromatic heterocycles. The first-order chi connectivity index (χ1) is 15.0. The molecule has 0 saturated heterocycles. The number of nitrogens with two attached hydrogens (primary N) is 1. The topological polar surface area (TPSA) is 131 Å². The molecule has 0 unspecified atom stereocenters. The van der Waals surface area contributed by atoms with Gasteiger partial charge in [0.15, 0.2) is 11.4 Å². The number of fused-ring (bicyclic) bond motifs is 1. The van der Waals surface area contributed by atoms with Crippen LogP contribution in [-0.4, -0.2) is 36.6 Å². The molecule has 4 aromatic rings. The number of hydrogen-bond donors (Lipinski definition) is 3. The van der Waals surface area contributed by atoms with Gasteiger partial charge in [-0.1, -0.05) is 6.07 Å². The molecule has 0 fully saturated rings. The summed E-state index contributed by atoms with van der Waals surface area (Å²) in [5.74, 6) is 0.399. The summed E-state index contributed by atoms with van der Waals surface area (Å²) in [6, 6.07) is 5.42. The number of aliphatic hydroxyl groups is 1. The summed E-state index contributed by atoms with van der Waals surface area (Å²) in [5.41, 5.74) is 12.3. The zero-order valence-electron chi connectivity index (χ0n) is 17.0. The number of ketones is 1. The lowest BCUT2D eigenvalue weighted by atomic mass is 10.2. The smallest absolute Gasteiger partial charge is 0.176 e. The quantitative estimate of drug-likeness (QED) is 0.211. The number of carbonyl (C=O) groups excluding carboxylic acids is 1. The molecule has 0 aromatic carbocycles. The first-order valence-electron chi connectivity index (χ1n) is 9.46. The van der Waals surface area contributed by atoms with Gasteiger partial charge in [-0.25, -0.2) is 15.0 Å². The van der Waals surface area contributed by atoms with Crippen molar-refractivity contribution >= 4 is 50.8 Å². The van der Waals surface area contributed by atoms with Crippen LogP contribution < -0.4 is 11.2 Å². The Kier molecular flexibility index (Phi) is 6.07. The fourth-order valence-corrected chi connectivity index (χ4v) is 5.04. The number of pyridine rings is 1. The number of anilines is 1. The minimum atomic E-state index is -0.0643. The third kappa shape index (κ3) is 4.48. The number of aryl methyl sites for hydroxylation is 1. The van der Waals surface area contributed by atoms with Crippen LogP contribution in [0, 0.1) is 0 Å². The van der Waals surface area contributed by atoms with Gasteiger partial charge >= 0.3 is 0 Å². The fraction of sp³-hybridized carbons (Fsp3) is 0.250. The third-order valence-electron chi connectivity index (χ3n) is 4.58. The van der Waals surface area contributed by atoms with Crippen LogP contribution in [0.2, 0.25) is 0 Å². The van der Waals surface area contributed by atoms with Crippen LogP contribution in [-0.2, 0) is 26.6 Å². The molecule has 4 N–H and O–H groups in total. The lowest BCUT2D eigenvalue weighted by molar-refractivity contribution is 0.101. The molecule has 4 rings (SSSR count). The summed E-state index contributed by atoms with van der Waals surface area (Å²) in [6.07, 6.45) is 2.22. The van der Waals surface area contributed by atoms with Crippen molar-refractivity contribution in [2.24, 2.45) is 12.1 Å². The third-order valence-corrected chi connectivity index (χ3v) is 6.54. The fourth-order valence-electron chi connectivity index (χ4n) is 3.26. The van der Waals surface area contributed by atoms with Crippen LogP contribution in [0.1, 0.15) is 44.4 Å². The molecule has 160 valence electrons. The Labute approximate surface area is 186 Å². The molecule has 0 aliphatic rings. The minimum absolute atomic E-state index is 0.0553. The van der Waals surface area contributed by atoms with Crippen molar-refractivity contribution in [3.05, 3.63) is 56.2 Å². The van der Waals surface area contributed by atoms with Crippen LogP contribution in [0.4, 0.5) is 5.82 Å². The number of Topliss-reactive ketones (excluding diaryl/α,β-unsaturated/α-hetero) is 1. The molecule has 0 radical (unpaired) electrons. The second kappa shape index (κ2) is 8.92. The number of carbonyl (C=O) groups is 1. The van der Waals surface area contributed by atoms with Crippen LogP contribution in [0.5, 0.6) is 0 Å². The summed E-state index contributed by atoms with van der Waals surface area (Å²) >= 11 is 2.94. The average Bonchev–Trinajstić information content (AvgIpc) is 3.42. The van der Waals surface area contributed by atoms with Gasteiger partial charge in [0.05, 0.1) is 41.1 Å². The molecule has 0 amide bonds. The highest BCUT2D eigenvalue weighted by molar-refractivity contribution is 7.19. The van der Waals surface area contributed by atoms with Crippen molar-refractivity contribution in [1.29, 1.82) is 0 Å². The van der Waals surface area contributed by atoms with Crippen molar-refractivity contribution < 1.29 is 9.90 Å². The minimum Gasteiger partial charge on any atom is -0.389 e. The van der Waals surface area contributed by atoms with Crippen LogP contribution >= 0.6 is 22.7 Å². The first-order valence-corrected chi connectivity index (χ1v) is 11.2. The van der Waals surface area contributed by atoms with Gasteiger partial charge in [-0.05, 0) is 12.1 Å². The highest BCUT2D eigenvalue weighted by Crippen LogP contribution is 2.31. The first kappa shape index (κ1) is 21.1. The number of nitrogens with zero attached hydrogens (tertiary/aromatic N) is 5. The second-order valence-electron chi connectivity index (χ2n) is 6.85. The van der Waals surface area contributed by atoms with Crippen molar-refractivity contribution in [2.45, 2.75) is 26.5 Å². The molecule has 4 heterocycles. The van der Waals surface area contributed by atoms with Gasteiger partial charge < -0.3 is 20.8 Å². The number of aromatic nitrogens is 4. The van der Waals surface area contributed by atoms with E-state index in [4.69, 9.17) is 10.7 Å². The Bertz CT molecular complexity index is 1270. The molecule has 31 heavy (non-hydrogen) atoms. The van der Waals surface area contributed by atoms with E-state index in [9.17, 15) is 9.90 Å². The largest absolute Gasteiger partial charge is 0.389 e. The molecule has 0 saturated carbocycles. The van der Waals surface area contributed by atoms with Crippen molar-refractivity contribution in [2.75, 3.05) is 5.73 Å². The van der Waals surface area contributed by atoms with E-state index in [0.29, 0.717) is 29.5 Å². The van der Waals surface area contributed by atoms with Gasteiger partial charge in [0.1, 0.15) is 15.8 Å². The van der Waals surface area contributed by atoms with E-state index in [1.54, 1.807) is 16.8 Å². The van der Waals surface area contributed by atoms with Gasteiger partial charge in [-0.3, -0.25) is 4.79 Å². The predicted octanol–water partition coefficient (Wildman–Crippen LogP) is 2.48. The zero-order chi connectivity index (χ0) is 22.0. The molecule has 11 heteroatoms. The Morgan fingerprint density at radius 3 is 2.84 bits per heavy atom. The van der Waals surface area contributed by atoms with Gasteiger partial charge in [0.2, 0.25) is 0 Å². The number of hydrazone groups is 1. The molecule has 0 aliphatic heterocycles. The highest BCUT2D eigenvalue weighted by Gasteiger charge is 2.21. The maximum atomic E-state index is 12.3. The second-order valence-corrected chi connectivity index (χ2v) is 8.88. The number of thiazole rings is 2. The van der Waals surface area contributed by atoms with Gasteiger partial charge in [0, 0.05) is 31.3 Å². The summed E-state index contributed by atoms with van der Waals surface area (Å²) in [4.78, 5) is 25.6. The number of hydrogen-bond acceptors (Lipinski definition) is 10. The number of rotatable bonds is 8. The lowest BCUT2D eigenvalue weighted by Gasteiger charge is -2.02. The van der Waals surface area contributed by atoms with Crippen molar-refractivity contribution in [1.82, 2.24) is 24.9 Å². The molecule has 0 aliphatic carbocycles. The molecule has 0 spiro atoms. The van der Waals surface area contributed by atoms with Gasteiger partial charge in [0.25, 0.3) is 0 Å². The SMILES string of the molecule is CC(=O)c1c(/C=N\NCc2cccc(N)n2)c2sc(Cc3csc(CO)n3)nc2n1C. The van der Waals surface area contributed by atoms with Crippen molar-refractivity contribution in [3.63, 3.8) is 0 Å². The van der Waals surface area contributed by atoms with E-state index in [1.807, 2.05) is 24.6 Å². The summed E-state index contributed by atoms with van der Waals surface area (Å²) in [7, 11) is 1.83. The normalized spacial score (nSPS) is 11.6. The van der Waals surface area contributed by atoms with E-state index >= 15 is 0 Å². The van der Waals surface area contributed by atoms with E-state index < -0.39 is 0 Å². The Morgan fingerprint density at radius 2 is 2.13 bits per heavy atom. The zero-order valence-corrected chi connectivity index (χ0v) is 18.6. The Morgan fingerprint density at radius 1 is 1.29 bits per heavy atom. The van der Waals surface area contributed by atoms with Crippen molar-refractivity contribution in [3.8, 4) is 0 Å². The number of nitrogen functional groups attached to an aromatic ring is 1. The highest BCUT2D eigenvalue weighted by atomic mass is 32.1. The lowest BCUT2D eigenvalue weighted by Crippen LogP contribution is -2.09. The summed E-state index contributed by atoms with van der Waals surface area (Å²) < 4.78 is 2.70. The van der Waals surface area contributed by atoms with Gasteiger partial charge in [-0.15, -0.1) is 22.7 Å². The Balaban J connectivity index is 1.59. The van der Waals surface area contributed by atoms with E-state index in [-0.39, 0.29) is 12.4 Å². The summed E-state index contributed by atoms with van der Waals surface area (Å²) in [6.45, 7) is 1.88. The molecular weight excluding hydrogens is 434 g/mol. The van der Waals surface area contributed by atoms with E-state index in [1.165, 1.54) is 29.6 Å². The maximum absolute atomic E-state index is 12.3. The van der Waals surface area contributed by atoms with Crippen LogP contribution in [0.25, 0.3) is 10.3 Å².